The number of nitrogens with zero attached hydrogens (tertiary/aromatic N) is 2. The topological polar surface area (TPSA) is 31.9 Å². The molecule has 0 radical (unpaired) electrons. The molecule has 2 unspecified atom stereocenters. The highest BCUT2D eigenvalue weighted by Crippen LogP contribution is 2.62. The van der Waals surface area contributed by atoms with Crippen molar-refractivity contribution in [3.05, 3.63) is 12.4 Å². The molecule has 3 rings (SSSR count). The highest BCUT2D eigenvalue weighted by Gasteiger charge is 2.62. The van der Waals surface area contributed by atoms with E-state index in [1.54, 1.807) is 0 Å². The molecule has 2 atom stereocenters. The molecule has 2 heterocycles. The van der Waals surface area contributed by atoms with E-state index in [0.717, 1.165) is 17.8 Å². The third kappa shape index (κ3) is 0.872. The minimum Gasteiger partial charge on any atom is -0.342 e. The Balaban J connectivity index is 1.75. The number of nitrogens with one attached hydrogen (secondary N) is 1. The molecule has 1 aliphatic heterocycles. The van der Waals surface area contributed by atoms with Gasteiger partial charge in [0.25, 0.3) is 0 Å². The number of imidazole rings is 1. The summed E-state index contributed by atoms with van der Waals surface area (Å²) in [4.78, 5) is 9.80. The molecule has 2 fully saturated rings. The van der Waals surface area contributed by atoms with Gasteiger partial charge in [0.05, 0.1) is 0 Å². The van der Waals surface area contributed by atoms with Crippen LogP contribution in [-0.4, -0.2) is 23.1 Å². The van der Waals surface area contributed by atoms with Crippen LogP contribution in [0.15, 0.2) is 12.4 Å². The predicted octanol–water partition coefficient (Wildman–Crippen LogP) is 1.50. The van der Waals surface area contributed by atoms with Crippen LogP contribution in [0.4, 0.5) is 5.95 Å². The van der Waals surface area contributed by atoms with Crippen molar-refractivity contribution in [2.45, 2.75) is 13.8 Å². The monoisotopic (exact) mass is 177 g/mol. The summed E-state index contributed by atoms with van der Waals surface area (Å²) < 4.78 is 0. The number of H-pyrrole nitrogens is 1. The largest absolute Gasteiger partial charge is 0.342 e. The van der Waals surface area contributed by atoms with E-state index >= 15 is 0 Å². The van der Waals surface area contributed by atoms with Gasteiger partial charge in [0.1, 0.15) is 0 Å². The lowest BCUT2D eigenvalue weighted by Gasteiger charge is -2.20. The van der Waals surface area contributed by atoms with E-state index in [2.05, 4.69) is 28.7 Å². The Bertz CT molecular complexity index is 301. The van der Waals surface area contributed by atoms with E-state index in [0.29, 0.717) is 5.41 Å². The van der Waals surface area contributed by atoms with E-state index in [9.17, 15) is 0 Å². The lowest BCUT2D eigenvalue weighted by atomic mass is 10.1. The number of hydrogen-bond acceptors (Lipinski definition) is 2. The molecule has 0 bridgehead atoms. The van der Waals surface area contributed by atoms with Crippen molar-refractivity contribution in [3.8, 4) is 0 Å². The zero-order valence-electron chi connectivity index (χ0n) is 8.12. The fourth-order valence-corrected chi connectivity index (χ4v) is 2.73. The van der Waals surface area contributed by atoms with Crippen LogP contribution in [0, 0.1) is 17.3 Å². The summed E-state index contributed by atoms with van der Waals surface area (Å²) in [5, 5.41) is 0. The van der Waals surface area contributed by atoms with Crippen molar-refractivity contribution in [2.75, 3.05) is 18.0 Å². The number of hydrogen-bond donors (Lipinski definition) is 1. The summed E-state index contributed by atoms with van der Waals surface area (Å²) in [6.07, 6.45) is 3.72. The maximum atomic E-state index is 4.27. The molecule has 1 aliphatic carbocycles. The van der Waals surface area contributed by atoms with Gasteiger partial charge < -0.3 is 9.88 Å². The van der Waals surface area contributed by atoms with Gasteiger partial charge in [-0.2, -0.15) is 0 Å². The minimum atomic E-state index is 0.600. The lowest BCUT2D eigenvalue weighted by Crippen LogP contribution is -2.26. The second kappa shape index (κ2) is 2.08. The predicted molar refractivity (Wildman–Crippen MR) is 51.6 cm³/mol. The molecule has 2 aliphatic rings. The molecule has 13 heavy (non-hydrogen) atoms. The standard InChI is InChI=1S/C10H15N3/c1-10(2)7-5-13(6-8(7)10)9-11-3-4-12-9/h3-4,7-8H,5-6H2,1-2H3,(H,11,12). The van der Waals surface area contributed by atoms with Gasteiger partial charge >= 0.3 is 0 Å². The summed E-state index contributed by atoms with van der Waals surface area (Å²) in [6.45, 7) is 7.12. The van der Waals surface area contributed by atoms with Crippen molar-refractivity contribution in [1.29, 1.82) is 0 Å². The Labute approximate surface area is 78.2 Å². The number of aromatic amines is 1. The summed E-state index contributed by atoms with van der Waals surface area (Å²) >= 11 is 0. The molecule has 1 saturated carbocycles. The van der Waals surface area contributed by atoms with Crippen LogP contribution < -0.4 is 4.90 Å². The van der Waals surface area contributed by atoms with Crippen LogP contribution in [0.3, 0.4) is 0 Å². The van der Waals surface area contributed by atoms with E-state index in [-0.39, 0.29) is 0 Å². The summed E-state index contributed by atoms with van der Waals surface area (Å²) in [5.74, 6) is 2.85. The Hall–Kier alpha value is -0.990. The Morgan fingerprint density at radius 1 is 1.46 bits per heavy atom. The molecule has 1 aromatic heterocycles. The van der Waals surface area contributed by atoms with Crippen molar-refractivity contribution in [1.82, 2.24) is 9.97 Å². The maximum Gasteiger partial charge on any atom is 0.202 e. The fourth-order valence-electron chi connectivity index (χ4n) is 2.73. The van der Waals surface area contributed by atoms with Crippen molar-refractivity contribution in [3.63, 3.8) is 0 Å². The van der Waals surface area contributed by atoms with E-state index in [1.807, 2.05) is 12.4 Å². The number of rotatable bonds is 1. The van der Waals surface area contributed by atoms with Crippen LogP contribution in [0.2, 0.25) is 0 Å². The van der Waals surface area contributed by atoms with E-state index < -0.39 is 0 Å². The van der Waals surface area contributed by atoms with Crippen LogP contribution in [0.5, 0.6) is 0 Å². The molecule has 1 N–H and O–H groups in total. The first-order valence-corrected chi connectivity index (χ1v) is 4.94. The Morgan fingerprint density at radius 2 is 2.15 bits per heavy atom. The summed E-state index contributed by atoms with van der Waals surface area (Å²) in [6, 6.07) is 0. The molecule has 3 nitrogen and oxygen atoms in total. The smallest absolute Gasteiger partial charge is 0.202 e. The van der Waals surface area contributed by atoms with Crippen LogP contribution in [0.25, 0.3) is 0 Å². The Morgan fingerprint density at radius 3 is 2.69 bits per heavy atom. The second-order valence-electron chi connectivity index (χ2n) is 4.85. The third-order valence-electron chi connectivity index (χ3n) is 3.91. The van der Waals surface area contributed by atoms with Crippen molar-refractivity contribution in [2.24, 2.45) is 17.3 Å². The number of anilines is 1. The van der Waals surface area contributed by atoms with Crippen molar-refractivity contribution >= 4 is 5.95 Å². The number of piperidine rings is 1. The highest BCUT2D eigenvalue weighted by molar-refractivity contribution is 5.36. The second-order valence-corrected chi connectivity index (χ2v) is 4.85. The molecule has 1 saturated heterocycles. The highest BCUT2D eigenvalue weighted by atomic mass is 15.3. The lowest BCUT2D eigenvalue weighted by molar-refractivity contribution is 0.497. The van der Waals surface area contributed by atoms with Gasteiger partial charge in [-0.3, -0.25) is 0 Å². The van der Waals surface area contributed by atoms with E-state index in [1.165, 1.54) is 13.1 Å². The molecule has 70 valence electrons. The van der Waals surface area contributed by atoms with Gasteiger partial charge in [-0.05, 0) is 17.3 Å². The number of fused-ring (bicyclic) bond motifs is 1. The third-order valence-corrected chi connectivity index (χ3v) is 3.91. The average Bonchev–Trinajstić information content (AvgIpc) is 2.64. The Kier molecular flexibility index (Phi) is 1.19. The first-order valence-electron chi connectivity index (χ1n) is 4.94. The molecule has 1 aromatic rings. The molecule has 3 heteroatoms. The SMILES string of the molecule is CC1(C)C2CN(c3ncc[nH]3)CC21. The van der Waals surface area contributed by atoms with Crippen LogP contribution in [0.1, 0.15) is 13.8 Å². The first kappa shape index (κ1) is 7.42. The maximum absolute atomic E-state index is 4.27. The first-order chi connectivity index (χ1) is 6.19. The van der Waals surface area contributed by atoms with Gasteiger partial charge in [0, 0.05) is 25.5 Å². The fraction of sp³-hybridized carbons (Fsp3) is 0.700. The van der Waals surface area contributed by atoms with Gasteiger partial charge in [-0.1, -0.05) is 13.8 Å². The number of aromatic nitrogens is 2. The van der Waals surface area contributed by atoms with Crippen LogP contribution in [-0.2, 0) is 0 Å². The normalized spacial score (nSPS) is 34.8. The summed E-state index contributed by atoms with van der Waals surface area (Å²) in [7, 11) is 0. The van der Waals surface area contributed by atoms with Gasteiger partial charge in [0.2, 0.25) is 5.95 Å². The van der Waals surface area contributed by atoms with Crippen LogP contribution >= 0.6 is 0 Å². The molecule has 0 spiro atoms. The average molecular weight is 177 g/mol. The quantitative estimate of drug-likeness (QED) is 0.705. The zero-order valence-corrected chi connectivity index (χ0v) is 8.12. The van der Waals surface area contributed by atoms with Crippen molar-refractivity contribution < 1.29 is 0 Å². The minimum absolute atomic E-state index is 0.600. The van der Waals surface area contributed by atoms with Gasteiger partial charge in [0.15, 0.2) is 0 Å². The van der Waals surface area contributed by atoms with Gasteiger partial charge in [-0.25, -0.2) is 4.98 Å². The van der Waals surface area contributed by atoms with E-state index in [4.69, 9.17) is 0 Å². The molecular formula is C10H15N3. The molecule has 0 aromatic carbocycles. The van der Waals surface area contributed by atoms with Gasteiger partial charge in [-0.15, -0.1) is 0 Å². The zero-order chi connectivity index (χ0) is 9.05. The molecule has 0 amide bonds. The summed E-state index contributed by atoms with van der Waals surface area (Å²) in [5.41, 5.74) is 0.600. The molecular weight excluding hydrogens is 162 g/mol.